The minimum atomic E-state index is 0.669. The molecule has 1 aliphatic heterocycles. The van der Waals surface area contributed by atoms with Gasteiger partial charge in [-0.1, -0.05) is 17.3 Å². The monoisotopic (exact) mass is 274 g/mol. The maximum atomic E-state index is 5.79. The lowest BCUT2D eigenvalue weighted by Gasteiger charge is -2.12. The Bertz CT molecular complexity index is 580. The maximum Gasteiger partial charge on any atom is 0.165 e. The predicted octanol–water partition coefficient (Wildman–Crippen LogP) is 2.43. The van der Waals surface area contributed by atoms with Crippen LogP contribution in [0.1, 0.15) is 23.4 Å². The molecule has 0 saturated heterocycles. The van der Waals surface area contributed by atoms with Crippen LogP contribution in [0.15, 0.2) is 28.8 Å². The first-order valence-electron chi connectivity index (χ1n) is 6.83. The van der Waals surface area contributed by atoms with Gasteiger partial charge in [0.05, 0.1) is 18.9 Å². The van der Waals surface area contributed by atoms with E-state index in [9.17, 15) is 0 Å². The number of nitrogens with zero attached hydrogens (tertiary/aromatic N) is 1. The van der Waals surface area contributed by atoms with E-state index in [1.807, 2.05) is 25.1 Å². The summed E-state index contributed by atoms with van der Waals surface area (Å²) in [4.78, 5) is 0. The fraction of sp³-hybridized carbons (Fsp3) is 0.400. The number of aryl methyl sites for hydroxylation is 1. The zero-order chi connectivity index (χ0) is 13.8. The van der Waals surface area contributed by atoms with Crippen LogP contribution in [-0.2, 0) is 13.1 Å². The van der Waals surface area contributed by atoms with Gasteiger partial charge in [0, 0.05) is 31.1 Å². The number of nitrogens with one attached hydrogen (secondary N) is 1. The minimum absolute atomic E-state index is 0.669. The number of para-hydroxylation sites is 1. The maximum absolute atomic E-state index is 5.79. The van der Waals surface area contributed by atoms with Gasteiger partial charge < -0.3 is 19.3 Å². The number of aromatic nitrogens is 1. The molecule has 2 heterocycles. The van der Waals surface area contributed by atoms with E-state index in [1.54, 1.807) is 0 Å². The summed E-state index contributed by atoms with van der Waals surface area (Å²) < 4.78 is 16.5. The highest BCUT2D eigenvalue weighted by atomic mass is 16.5. The van der Waals surface area contributed by atoms with E-state index in [4.69, 9.17) is 14.0 Å². The van der Waals surface area contributed by atoms with Crippen molar-refractivity contribution in [3.05, 3.63) is 41.3 Å². The Hall–Kier alpha value is -2.01. The molecule has 2 aromatic rings. The molecule has 3 rings (SSSR count). The van der Waals surface area contributed by atoms with Crippen LogP contribution in [0.25, 0.3) is 0 Å². The molecule has 0 spiro atoms. The number of hydrogen-bond acceptors (Lipinski definition) is 5. The highest BCUT2D eigenvalue weighted by Gasteiger charge is 2.14. The Balaban J connectivity index is 1.65. The van der Waals surface area contributed by atoms with Gasteiger partial charge in [0.2, 0.25) is 0 Å². The zero-order valence-corrected chi connectivity index (χ0v) is 11.5. The highest BCUT2D eigenvalue weighted by Crippen LogP contribution is 2.33. The Morgan fingerprint density at radius 3 is 2.95 bits per heavy atom. The van der Waals surface area contributed by atoms with E-state index < -0.39 is 0 Å². The van der Waals surface area contributed by atoms with E-state index >= 15 is 0 Å². The summed E-state index contributed by atoms with van der Waals surface area (Å²) in [6.07, 6.45) is 0.916. The van der Waals surface area contributed by atoms with Crippen LogP contribution in [0, 0.1) is 6.92 Å². The number of rotatable bonds is 4. The second-order valence-electron chi connectivity index (χ2n) is 4.83. The average Bonchev–Trinajstić information content (AvgIpc) is 2.73. The van der Waals surface area contributed by atoms with Crippen LogP contribution in [0.5, 0.6) is 11.5 Å². The lowest BCUT2D eigenvalue weighted by atomic mass is 10.2. The fourth-order valence-corrected chi connectivity index (χ4v) is 2.22. The van der Waals surface area contributed by atoms with Crippen LogP contribution < -0.4 is 14.8 Å². The van der Waals surface area contributed by atoms with Gasteiger partial charge in [0.25, 0.3) is 0 Å². The van der Waals surface area contributed by atoms with Gasteiger partial charge in [-0.05, 0) is 13.0 Å². The van der Waals surface area contributed by atoms with Crippen molar-refractivity contribution in [3.63, 3.8) is 0 Å². The fourth-order valence-electron chi connectivity index (χ4n) is 2.22. The highest BCUT2D eigenvalue weighted by molar-refractivity contribution is 5.47. The van der Waals surface area contributed by atoms with Crippen molar-refractivity contribution in [1.82, 2.24) is 10.5 Å². The largest absolute Gasteiger partial charge is 0.490 e. The van der Waals surface area contributed by atoms with Crippen molar-refractivity contribution in [2.75, 3.05) is 13.2 Å². The Morgan fingerprint density at radius 1 is 1.20 bits per heavy atom. The van der Waals surface area contributed by atoms with Crippen molar-refractivity contribution in [2.45, 2.75) is 26.4 Å². The smallest absolute Gasteiger partial charge is 0.165 e. The molecule has 1 N–H and O–H groups in total. The van der Waals surface area contributed by atoms with E-state index in [0.29, 0.717) is 26.3 Å². The van der Waals surface area contributed by atoms with Crippen LogP contribution in [0.4, 0.5) is 0 Å². The van der Waals surface area contributed by atoms with Gasteiger partial charge in [-0.15, -0.1) is 0 Å². The van der Waals surface area contributed by atoms with E-state index in [2.05, 4.69) is 16.5 Å². The normalized spacial score (nSPS) is 14.1. The topological polar surface area (TPSA) is 56.5 Å². The molecule has 1 aromatic heterocycles. The van der Waals surface area contributed by atoms with Gasteiger partial charge in [-0.25, -0.2) is 0 Å². The quantitative estimate of drug-likeness (QED) is 0.928. The Kier molecular flexibility index (Phi) is 3.87. The van der Waals surface area contributed by atoms with Crippen molar-refractivity contribution in [2.24, 2.45) is 0 Å². The third kappa shape index (κ3) is 2.93. The molecule has 0 unspecified atom stereocenters. The number of ether oxygens (including phenoxy) is 2. The molecule has 0 amide bonds. The van der Waals surface area contributed by atoms with Crippen LogP contribution in [0.3, 0.4) is 0 Å². The molecule has 106 valence electrons. The average molecular weight is 274 g/mol. The summed E-state index contributed by atoms with van der Waals surface area (Å²) in [5, 5.41) is 7.30. The predicted molar refractivity (Wildman–Crippen MR) is 73.8 cm³/mol. The molecule has 20 heavy (non-hydrogen) atoms. The second-order valence-corrected chi connectivity index (χ2v) is 4.83. The van der Waals surface area contributed by atoms with Crippen molar-refractivity contribution in [1.29, 1.82) is 0 Å². The minimum Gasteiger partial charge on any atom is -0.490 e. The number of fused-ring (bicyclic) bond motifs is 1. The van der Waals surface area contributed by atoms with Crippen molar-refractivity contribution < 1.29 is 14.0 Å². The first-order chi connectivity index (χ1) is 9.83. The standard InChI is InChI=1S/C15H18N2O3/c1-11-8-13(17-20-11)10-16-9-12-4-2-5-14-15(12)19-7-3-6-18-14/h2,4-5,8,16H,3,6-7,9-10H2,1H3. The number of benzene rings is 1. The van der Waals surface area contributed by atoms with E-state index in [-0.39, 0.29) is 0 Å². The molecule has 0 bridgehead atoms. The molecule has 5 nitrogen and oxygen atoms in total. The molecular weight excluding hydrogens is 256 g/mol. The Morgan fingerprint density at radius 2 is 2.10 bits per heavy atom. The van der Waals surface area contributed by atoms with Gasteiger partial charge in [0.15, 0.2) is 11.5 Å². The summed E-state index contributed by atoms with van der Waals surface area (Å²) in [6, 6.07) is 7.92. The third-order valence-corrected chi connectivity index (χ3v) is 3.15. The first kappa shape index (κ1) is 13.0. The van der Waals surface area contributed by atoms with Crippen LogP contribution in [0.2, 0.25) is 0 Å². The third-order valence-electron chi connectivity index (χ3n) is 3.15. The molecule has 0 atom stereocenters. The summed E-state index contributed by atoms with van der Waals surface area (Å²) >= 11 is 0. The van der Waals surface area contributed by atoms with E-state index in [0.717, 1.165) is 34.9 Å². The molecule has 0 fully saturated rings. The molecule has 1 aromatic carbocycles. The molecule has 5 heteroatoms. The molecular formula is C15H18N2O3. The summed E-state index contributed by atoms with van der Waals surface area (Å²) in [5.41, 5.74) is 2.01. The number of hydrogen-bond donors (Lipinski definition) is 1. The lowest BCUT2D eigenvalue weighted by Crippen LogP contribution is -2.14. The first-order valence-corrected chi connectivity index (χ1v) is 6.83. The van der Waals surface area contributed by atoms with Gasteiger partial charge in [0.1, 0.15) is 5.76 Å². The van der Waals surface area contributed by atoms with Crippen LogP contribution >= 0.6 is 0 Å². The lowest BCUT2D eigenvalue weighted by molar-refractivity contribution is 0.296. The van der Waals surface area contributed by atoms with Crippen molar-refractivity contribution >= 4 is 0 Å². The van der Waals surface area contributed by atoms with Crippen LogP contribution in [-0.4, -0.2) is 18.4 Å². The van der Waals surface area contributed by atoms with Gasteiger partial charge in [-0.2, -0.15) is 0 Å². The van der Waals surface area contributed by atoms with E-state index in [1.165, 1.54) is 0 Å². The summed E-state index contributed by atoms with van der Waals surface area (Å²) in [6.45, 7) is 4.67. The summed E-state index contributed by atoms with van der Waals surface area (Å²) in [5.74, 6) is 2.51. The van der Waals surface area contributed by atoms with Gasteiger partial charge in [-0.3, -0.25) is 0 Å². The molecule has 0 saturated carbocycles. The molecule has 0 aliphatic carbocycles. The second kappa shape index (κ2) is 5.96. The zero-order valence-electron chi connectivity index (χ0n) is 11.5. The molecule has 0 radical (unpaired) electrons. The SMILES string of the molecule is Cc1cc(CNCc2cccc3c2OCCCO3)no1. The summed E-state index contributed by atoms with van der Waals surface area (Å²) in [7, 11) is 0. The van der Waals surface area contributed by atoms with Crippen molar-refractivity contribution in [3.8, 4) is 11.5 Å². The van der Waals surface area contributed by atoms with Gasteiger partial charge >= 0.3 is 0 Å². The molecule has 1 aliphatic rings. The Labute approximate surface area is 117 Å².